The van der Waals surface area contributed by atoms with E-state index in [2.05, 4.69) is 0 Å². The van der Waals surface area contributed by atoms with Crippen LogP contribution in [0.25, 0.3) is 0 Å². The number of carboxylic acids is 2. The predicted molar refractivity (Wildman–Crippen MR) is 61.8 cm³/mol. The fourth-order valence-electron chi connectivity index (χ4n) is 2.30. The van der Waals surface area contributed by atoms with E-state index >= 15 is 0 Å². The molecule has 0 amide bonds. The van der Waals surface area contributed by atoms with E-state index in [0.29, 0.717) is 19.3 Å². The molecule has 0 radical (unpaired) electrons. The zero-order valence-corrected chi connectivity index (χ0v) is 10.6. The van der Waals surface area contributed by atoms with Crippen molar-refractivity contribution in [2.75, 3.05) is 0 Å². The molecule has 104 valence electrons. The number of aliphatic hydroxyl groups is 1. The van der Waals surface area contributed by atoms with Gasteiger partial charge in [0.05, 0.1) is 18.2 Å². The van der Waals surface area contributed by atoms with Crippen LogP contribution < -0.4 is 0 Å². The summed E-state index contributed by atoms with van der Waals surface area (Å²) in [6.07, 6.45) is -0.00972. The zero-order valence-electron chi connectivity index (χ0n) is 9.73. The van der Waals surface area contributed by atoms with Crippen LogP contribution in [0, 0.1) is 0 Å². The van der Waals surface area contributed by atoms with E-state index in [0.717, 1.165) is 0 Å². The standard InChI is InChI=1S/C10H17O7P/c11-6-3-1-2-4-7(6)18(16,17)8(10(14)15)5-9(12)13/h6-8,11H,1-5H2,(H,12,13)(H,14,15)(H,16,17)/t6-,7-,8+/m1/s1. The van der Waals surface area contributed by atoms with Crippen molar-refractivity contribution in [3.05, 3.63) is 0 Å². The molecule has 0 aliphatic heterocycles. The predicted octanol–water partition coefficient (Wildman–Crippen LogP) is 0.488. The molecule has 1 aliphatic carbocycles. The Balaban J connectivity index is 2.96. The van der Waals surface area contributed by atoms with Crippen molar-refractivity contribution in [3.63, 3.8) is 0 Å². The van der Waals surface area contributed by atoms with Crippen LogP contribution in [0.1, 0.15) is 32.1 Å². The van der Waals surface area contributed by atoms with Gasteiger partial charge < -0.3 is 20.2 Å². The Bertz CT molecular complexity index is 380. The average Bonchev–Trinajstić information content (AvgIpc) is 2.25. The second kappa shape index (κ2) is 5.82. The molecule has 0 aromatic heterocycles. The van der Waals surface area contributed by atoms with Crippen LogP contribution in [-0.2, 0) is 14.2 Å². The number of rotatable bonds is 5. The van der Waals surface area contributed by atoms with Gasteiger partial charge in [-0.15, -0.1) is 0 Å². The first-order valence-electron chi connectivity index (χ1n) is 5.71. The largest absolute Gasteiger partial charge is 0.481 e. The van der Waals surface area contributed by atoms with Crippen LogP contribution in [0.15, 0.2) is 0 Å². The maximum Gasteiger partial charge on any atom is 0.316 e. The van der Waals surface area contributed by atoms with E-state index in [9.17, 15) is 24.2 Å². The summed E-state index contributed by atoms with van der Waals surface area (Å²) in [4.78, 5) is 31.5. The Kier molecular flexibility index (Phi) is 4.90. The smallest absolute Gasteiger partial charge is 0.316 e. The quantitative estimate of drug-likeness (QED) is 0.538. The lowest BCUT2D eigenvalue weighted by atomic mass is 9.97. The molecule has 18 heavy (non-hydrogen) atoms. The molecule has 0 heterocycles. The molecule has 1 saturated carbocycles. The first-order valence-corrected chi connectivity index (χ1v) is 7.51. The van der Waals surface area contributed by atoms with Crippen molar-refractivity contribution in [2.45, 2.75) is 49.5 Å². The van der Waals surface area contributed by atoms with Crippen molar-refractivity contribution in [1.82, 2.24) is 0 Å². The molecule has 0 saturated heterocycles. The number of aliphatic hydroxyl groups excluding tert-OH is 1. The summed E-state index contributed by atoms with van der Waals surface area (Å²) in [5, 5.41) is 27.2. The van der Waals surface area contributed by atoms with Gasteiger partial charge in [0.25, 0.3) is 0 Å². The third-order valence-electron chi connectivity index (χ3n) is 3.27. The number of hydrogen-bond acceptors (Lipinski definition) is 4. The van der Waals surface area contributed by atoms with Gasteiger partial charge in [-0.3, -0.25) is 14.2 Å². The van der Waals surface area contributed by atoms with Gasteiger partial charge >= 0.3 is 11.9 Å². The highest BCUT2D eigenvalue weighted by molar-refractivity contribution is 7.60. The van der Waals surface area contributed by atoms with Crippen molar-refractivity contribution >= 4 is 19.3 Å². The number of carbonyl (C=O) groups is 2. The number of aliphatic carboxylic acids is 2. The van der Waals surface area contributed by atoms with Gasteiger partial charge in [-0.1, -0.05) is 12.8 Å². The minimum Gasteiger partial charge on any atom is -0.481 e. The fraction of sp³-hybridized carbons (Fsp3) is 0.800. The highest BCUT2D eigenvalue weighted by atomic mass is 31.2. The summed E-state index contributed by atoms with van der Waals surface area (Å²) < 4.78 is 12.2. The van der Waals surface area contributed by atoms with Crippen LogP contribution in [0.4, 0.5) is 0 Å². The molecular formula is C10H17O7P. The first-order chi connectivity index (χ1) is 8.26. The number of carboxylic acid groups (broad SMARTS) is 2. The summed E-state index contributed by atoms with van der Waals surface area (Å²) in [6, 6.07) is 0. The van der Waals surface area contributed by atoms with Crippen LogP contribution in [0.3, 0.4) is 0 Å². The Morgan fingerprint density at radius 2 is 1.78 bits per heavy atom. The van der Waals surface area contributed by atoms with Gasteiger partial charge in [-0.25, -0.2) is 0 Å². The van der Waals surface area contributed by atoms with Crippen molar-refractivity contribution in [1.29, 1.82) is 0 Å². The summed E-state index contributed by atoms with van der Waals surface area (Å²) in [5.74, 6) is -3.05. The lowest BCUT2D eigenvalue weighted by molar-refractivity contribution is -0.143. The Hall–Kier alpha value is -0.910. The lowest BCUT2D eigenvalue weighted by Gasteiger charge is -2.33. The van der Waals surface area contributed by atoms with Gasteiger partial charge in [0.1, 0.15) is 5.66 Å². The van der Waals surface area contributed by atoms with Gasteiger partial charge in [0, 0.05) is 0 Å². The van der Waals surface area contributed by atoms with Gasteiger partial charge in [-0.05, 0) is 12.8 Å². The molecule has 0 aromatic rings. The lowest BCUT2D eigenvalue weighted by Crippen LogP contribution is -2.36. The molecule has 4 atom stereocenters. The summed E-state index contributed by atoms with van der Waals surface area (Å²) >= 11 is 0. The van der Waals surface area contributed by atoms with Gasteiger partial charge in [0.2, 0.25) is 7.37 Å². The monoisotopic (exact) mass is 280 g/mol. The van der Waals surface area contributed by atoms with Crippen molar-refractivity contribution < 1.29 is 34.4 Å². The molecule has 0 aromatic carbocycles. The molecule has 7 nitrogen and oxygen atoms in total. The van der Waals surface area contributed by atoms with Gasteiger partial charge in [-0.2, -0.15) is 0 Å². The fourth-order valence-corrected chi connectivity index (χ4v) is 4.69. The Labute approximate surface area is 104 Å². The van der Waals surface area contributed by atoms with Crippen LogP contribution >= 0.6 is 7.37 Å². The van der Waals surface area contributed by atoms with E-state index in [4.69, 9.17) is 10.2 Å². The maximum atomic E-state index is 12.2. The third kappa shape index (κ3) is 3.31. The van der Waals surface area contributed by atoms with Gasteiger partial charge in [0.15, 0.2) is 0 Å². The minimum absolute atomic E-state index is 0.248. The van der Waals surface area contributed by atoms with E-state index in [1.54, 1.807) is 0 Å². The zero-order chi connectivity index (χ0) is 13.9. The normalized spacial score (nSPS) is 29.2. The molecule has 1 aliphatic rings. The number of hydrogen-bond donors (Lipinski definition) is 4. The summed E-state index contributed by atoms with van der Waals surface area (Å²) in [6.45, 7) is 0. The topological polar surface area (TPSA) is 132 Å². The molecule has 1 unspecified atom stereocenters. The summed E-state index contributed by atoms with van der Waals surface area (Å²) in [7, 11) is -4.27. The summed E-state index contributed by atoms with van der Waals surface area (Å²) in [5.41, 5.74) is -2.89. The van der Waals surface area contributed by atoms with E-state index < -0.39 is 43.2 Å². The first kappa shape index (κ1) is 15.1. The molecule has 4 N–H and O–H groups in total. The molecule has 8 heteroatoms. The average molecular weight is 280 g/mol. The molecule has 1 rings (SSSR count). The Morgan fingerprint density at radius 1 is 1.22 bits per heavy atom. The molecular weight excluding hydrogens is 263 g/mol. The molecule has 0 spiro atoms. The minimum atomic E-state index is -4.27. The second-order valence-corrected chi connectivity index (χ2v) is 7.18. The highest BCUT2D eigenvalue weighted by Crippen LogP contribution is 2.56. The van der Waals surface area contributed by atoms with E-state index in [1.165, 1.54) is 0 Å². The van der Waals surface area contributed by atoms with Crippen molar-refractivity contribution in [3.8, 4) is 0 Å². The van der Waals surface area contributed by atoms with E-state index in [1.807, 2.05) is 0 Å². The highest BCUT2D eigenvalue weighted by Gasteiger charge is 2.47. The SMILES string of the molecule is O=C(O)C[C@@H](C(=O)O)P(=O)(O)[C@@H]1CCCC[C@H]1O. The Morgan fingerprint density at radius 3 is 2.22 bits per heavy atom. The third-order valence-corrected chi connectivity index (χ3v) is 6.12. The second-order valence-electron chi connectivity index (χ2n) is 4.54. The van der Waals surface area contributed by atoms with Crippen LogP contribution in [0.5, 0.6) is 0 Å². The van der Waals surface area contributed by atoms with E-state index in [-0.39, 0.29) is 6.42 Å². The van der Waals surface area contributed by atoms with Crippen LogP contribution in [-0.4, -0.2) is 49.6 Å². The van der Waals surface area contributed by atoms with Crippen molar-refractivity contribution in [2.24, 2.45) is 0 Å². The van der Waals surface area contributed by atoms with Crippen LogP contribution in [0.2, 0.25) is 0 Å². The molecule has 0 bridgehead atoms. The maximum absolute atomic E-state index is 12.2. The molecule has 1 fully saturated rings.